The van der Waals surface area contributed by atoms with Gasteiger partial charge in [-0.05, 0) is 32.9 Å². The molecular weight excluding hydrogens is 247 g/mol. The van der Waals surface area contributed by atoms with Crippen LogP contribution in [-0.4, -0.2) is 25.4 Å². The molecule has 4 nitrogen and oxygen atoms in total. The van der Waals surface area contributed by atoms with Crippen LogP contribution in [0, 0.1) is 18.2 Å². The Morgan fingerprint density at radius 1 is 1.32 bits per heavy atom. The minimum atomic E-state index is -0.745. The van der Waals surface area contributed by atoms with Crippen molar-refractivity contribution >= 4 is 11.8 Å². The summed E-state index contributed by atoms with van der Waals surface area (Å²) in [6.45, 7) is 5.33. The Hall–Kier alpha value is -1.91. The highest BCUT2D eigenvalue weighted by atomic mass is 19.1. The van der Waals surface area contributed by atoms with E-state index in [0.717, 1.165) is 5.56 Å². The molecule has 2 N–H and O–H groups in total. The van der Waals surface area contributed by atoms with E-state index in [1.165, 1.54) is 19.2 Å². The van der Waals surface area contributed by atoms with Crippen LogP contribution in [0.25, 0.3) is 0 Å². The summed E-state index contributed by atoms with van der Waals surface area (Å²) in [5.41, 5.74) is 0.0508. The molecule has 0 heterocycles. The lowest BCUT2D eigenvalue weighted by atomic mass is 9.92. The molecule has 0 fully saturated rings. The van der Waals surface area contributed by atoms with Gasteiger partial charge in [0, 0.05) is 13.6 Å². The topological polar surface area (TPSA) is 58.2 Å². The third-order valence-electron chi connectivity index (χ3n) is 2.90. The Morgan fingerprint density at radius 2 is 1.95 bits per heavy atom. The first-order chi connectivity index (χ1) is 8.77. The van der Waals surface area contributed by atoms with Crippen LogP contribution in [0.3, 0.4) is 0 Å². The molecule has 0 spiro atoms. The molecule has 1 rings (SSSR count). The summed E-state index contributed by atoms with van der Waals surface area (Å²) in [6.07, 6.45) is 0. The fourth-order valence-electron chi connectivity index (χ4n) is 1.63. The second-order valence-corrected chi connectivity index (χ2v) is 5.13. The lowest BCUT2D eigenvalue weighted by Gasteiger charge is -2.22. The highest BCUT2D eigenvalue weighted by molar-refractivity contribution is 5.95. The number of hydrogen-bond donors (Lipinski definition) is 2. The summed E-state index contributed by atoms with van der Waals surface area (Å²) in [4.78, 5) is 23.5. The minimum absolute atomic E-state index is 0.00675. The Labute approximate surface area is 112 Å². The van der Waals surface area contributed by atoms with Crippen LogP contribution in [0.2, 0.25) is 0 Å². The predicted octanol–water partition coefficient (Wildman–Crippen LogP) is 1.64. The summed E-state index contributed by atoms with van der Waals surface area (Å²) in [5, 5.41) is 5.11. The molecule has 0 atom stereocenters. The van der Waals surface area contributed by atoms with Gasteiger partial charge in [-0.2, -0.15) is 0 Å². The number of aryl methyl sites for hydroxylation is 1. The summed E-state index contributed by atoms with van der Waals surface area (Å²) in [6, 6.07) is 4.34. The zero-order chi connectivity index (χ0) is 14.6. The van der Waals surface area contributed by atoms with E-state index >= 15 is 0 Å². The van der Waals surface area contributed by atoms with Gasteiger partial charge in [-0.15, -0.1) is 0 Å². The molecule has 1 aromatic carbocycles. The van der Waals surface area contributed by atoms with Crippen LogP contribution in [0.5, 0.6) is 0 Å². The predicted molar refractivity (Wildman–Crippen MR) is 71.3 cm³/mol. The van der Waals surface area contributed by atoms with Crippen LogP contribution in [0.15, 0.2) is 18.2 Å². The number of nitrogens with one attached hydrogen (secondary N) is 2. The van der Waals surface area contributed by atoms with Crippen LogP contribution >= 0.6 is 0 Å². The van der Waals surface area contributed by atoms with Crippen LogP contribution in [0.1, 0.15) is 29.8 Å². The van der Waals surface area contributed by atoms with E-state index in [0.29, 0.717) is 0 Å². The van der Waals surface area contributed by atoms with Gasteiger partial charge in [-0.3, -0.25) is 9.59 Å². The second-order valence-electron chi connectivity index (χ2n) is 5.13. The van der Waals surface area contributed by atoms with Crippen LogP contribution in [-0.2, 0) is 4.79 Å². The molecule has 0 aliphatic rings. The average Bonchev–Trinajstić information content (AvgIpc) is 2.37. The van der Waals surface area contributed by atoms with Crippen molar-refractivity contribution in [2.24, 2.45) is 5.41 Å². The fourth-order valence-corrected chi connectivity index (χ4v) is 1.63. The fraction of sp³-hybridized carbons (Fsp3) is 0.429. The van der Waals surface area contributed by atoms with Crippen LogP contribution < -0.4 is 10.6 Å². The molecule has 1 aromatic rings. The molecule has 0 saturated heterocycles. The van der Waals surface area contributed by atoms with Crippen molar-refractivity contribution in [1.29, 1.82) is 0 Å². The van der Waals surface area contributed by atoms with Gasteiger partial charge >= 0.3 is 0 Å². The molecule has 0 unspecified atom stereocenters. The van der Waals surface area contributed by atoms with Gasteiger partial charge in [-0.25, -0.2) is 4.39 Å². The maximum atomic E-state index is 13.5. The average molecular weight is 266 g/mol. The number of rotatable bonds is 4. The van der Waals surface area contributed by atoms with Crippen molar-refractivity contribution in [2.75, 3.05) is 13.6 Å². The smallest absolute Gasteiger partial charge is 0.254 e. The lowest BCUT2D eigenvalue weighted by molar-refractivity contribution is -0.128. The standard InChI is InChI=1S/C14H19FN2O2/c1-9-5-6-11(15)10(7-9)12(18)17-8-14(2,3)13(19)16-4/h5-7H,8H2,1-4H3,(H,16,19)(H,17,18). The number of benzene rings is 1. The van der Waals surface area contributed by atoms with E-state index in [-0.39, 0.29) is 18.0 Å². The maximum absolute atomic E-state index is 13.5. The Kier molecular flexibility index (Phi) is 4.64. The Bertz CT molecular complexity index is 498. The molecule has 104 valence electrons. The Balaban J connectivity index is 2.76. The number of halogens is 1. The molecule has 5 heteroatoms. The first kappa shape index (κ1) is 15.1. The molecule has 0 saturated carbocycles. The van der Waals surface area contributed by atoms with Crippen molar-refractivity contribution in [2.45, 2.75) is 20.8 Å². The molecule has 19 heavy (non-hydrogen) atoms. The van der Waals surface area contributed by atoms with Gasteiger partial charge in [0.2, 0.25) is 5.91 Å². The van der Waals surface area contributed by atoms with E-state index in [2.05, 4.69) is 10.6 Å². The third-order valence-corrected chi connectivity index (χ3v) is 2.90. The maximum Gasteiger partial charge on any atom is 0.254 e. The van der Waals surface area contributed by atoms with Gasteiger partial charge in [0.25, 0.3) is 5.91 Å². The lowest BCUT2D eigenvalue weighted by Crippen LogP contribution is -2.43. The molecule has 2 amide bonds. The van der Waals surface area contributed by atoms with Crippen molar-refractivity contribution in [3.8, 4) is 0 Å². The van der Waals surface area contributed by atoms with Gasteiger partial charge in [-0.1, -0.05) is 11.6 Å². The van der Waals surface area contributed by atoms with E-state index in [4.69, 9.17) is 0 Å². The van der Waals surface area contributed by atoms with E-state index in [1.807, 2.05) is 0 Å². The molecule has 0 radical (unpaired) electrons. The Morgan fingerprint density at radius 3 is 2.53 bits per heavy atom. The highest BCUT2D eigenvalue weighted by Gasteiger charge is 2.27. The molecule has 0 aliphatic carbocycles. The highest BCUT2D eigenvalue weighted by Crippen LogP contribution is 2.15. The summed E-state index contributed by atoms with van der Waals surface area (Å²) in [7, 11) is 1.53. The third kappa shape index (κ3) is 3.77. The monoisotopic (exact) mass is 266 g/mol. The van der Waals surface area contributed by atoms with Crippen molar-refractivity contribution in [1.82, 2.24) is 10.6 Å². The van der Waals surface area contributed by atoms with Gasteiger partial charge in [0.15, 0.2) is 0 Å². The second kappa shape index (κ2) is 5.82. The number of carbonyl (C=O) groups is 2. The largest absolute Gasteiger partial charge is 0.359 e. The van der Waals surface area contributed by atoms with Gasteiger partial charge < -0.3 is 10.6 Å². The summed E-state index contributed by atoms with van der Waals surface area (Å²) < 4.78 is 13.5. The normalized spacial score (nSPS) is 11.0. The van der Waals surface area contributed by atoms with Crippen LogP contribution in [0.4, 0.5) is 4.39 Å². The minimum Gasteiger partial charge on any atom is -0.359 e. The quantitative estimate of drug-likeness (QED) is 0.870. The van der Waals surface area contributed by atoms with Crippen molar-refractivity contribution in [3.05, 3.63) is 35.1 Å². The number of amides is 2. The molecule has 0 bridgehead atoms. The van der Waals surface area contributed by atoms with Crippen molar-refractivity contribution < 1.29 is 14.0 Å². The first-order valence-electron chi connectivity index (χ1n) is 6.04. The zero-order valence-corrected chi connectivity index (χ0v) is 11.6. The summed E-state index contributed by atoms with van der Waals surface area (Å²) >= 11 is 0. The first-order valence-corrected chi connectivity index (χ1v) is 6.04. The number of carbonyl (C=O) groups excluding carboxylic acids is 2. The van der Waals surface area contributed by atoms with Crippen molar-refractivity contribution in [3.63, 3.8) is 0 Å². The van der Waals surface area contributed by atoms with E-state index in [1.54, 1.807) is 26.8 Å². The number of hydrogen-bond acceptors (Lipinski definition) is 2. The zero-order valence-electron chi connectivity index (χ0n) is 11.6. The van der Waals surface area contributed by atoms with E-state index < -0.39 is 17.1 Å². The molecular formula is C14H19FN2O2. The van der Waals surface area contributed by atoms with E-state index in [9.17, 15) is 14.0 Å². The van der Waals surface area contributed by atoms with Gasteiger partial charge in [0.05, 0.1) is 11.0 Å². The SMILES string of the molecule is CNC(=O)C(C)(C)CNC(=O)c1cc(C)ccc1F. The summed E-state index contributed by atoms with van der Waals surface area (Å²) in [5.74, 6) is -1.27. The molecule has 0 aliphatic heterocycles. The molecule has 0 aromatic heterocycles. The van der Waals surface area contributed by atoms with Gasteiger partial charge in [0.1, 0.15) is 5.82 Å².